The van der Waals surface area contributed by atoms with Crippen LogP contribution in [0.15, 0.2) is 42.5 Å². The lowest BCUT2D eigenvalue weighted by Crippen LogP contribution is -2.57. The molecule has 2 aliphatic rings. The highest BCUT2D eigenvalue weighted by molar-refractivity contribution is 5.88. The molecule has 8 heteroatoms. The molecule has 0 bridgehead atoms. The van der Waals surface area contributed by atoms with Crippen LogP contribution in [0.5, 0.6) is 5.75 Å². The van der Waals surface area contributed by atoms with Crippen molar-refractivity contribution in [3.63, 3.8) is 0 Å². The number of aromatic nitrogens is 1. The number of amides is 2. The number of halogens is 1. The average molecular weight is 495 g/mol. The number of fused-ring (bicyclic) bond motifs is 4. The third-order valence-corrected chi connectivity index (χ3v) is 7.82. The van der Waals surface area contributed by atoms with Crippen LogP contribution in [0.1, 0.15) is 49.0 Å². The molecule has 3 N–H and O–H groups in total. The van der Waals surface area contributed by atoms with E-state index in [0.29, 0.717) is 19.6 Å². The Morgan fingerprint density at radius 3 is 2.75 bits per heavy atom. The van der Waals surface area contributed by atoms with Gasteiger partial charge in [-0.3, -0.25) is 4.90 Å². The van der Waals surface area contributed by atoms with Crippen LogP contribution in [0.3, 0.4) is 0 Å². The van der Waals surface area contributed by atoms with Crippen molar-refractivity contribution in [1.29, 1.82) is 0 Å². The van der Waals surface area contributed by atoms with Crippen LogP contribution in [-0.4, -0.2) is 65.8 Å². The molecule has 3 heterocycles. The molecule has 1 atom stereocenters. The van der Waals surface area contributed by atoms with E-state index in [-0.39, 0.29) is 23.9 Å². The molecule has 0 aliphatic carbocycles. The number of likely N-dealkylation sites (tertiary alicyclic amines) is 1. The van der Waals surface area contributed by atoms with Gasteiger partial charge in [-0.15, -0.1) is 0 Å². The Balaban J connectivity index is 1.50. The van der Waals surface area contributed by atoms with Crippen LogP contribution in [0.2, 0.25) is 0 Å². The number of nitrogens with one attached hydrogen (secondary N) is 2. The molecule has 0 unspecified atom stereocenters. The second-order valence-corrected chi connectivity index (χ2v) is 10.1. The minimum atomic E-state index is -0.439. The lowest BCUT2D eigenvalue weighted by atomic mass is 9.68. The molecule has 1 spiro atoms. The Bertz CT molecular complexity index is 1230. The maximum Gasteiger partial charge on any atom is 0.318 e. The maximum atomic E-state index is 13.7. The molecule has 192 valence electrons. The number of carbonyl (C=O) groups excluding carboxylic acids is 1. The minimum absolute atomic E-state index is 0.139. The second kappa shape index (κ2) is 10.1. The van der Waals surface area contributed by atoms with Gasteiger partial charge in [-0.25, -0.2) is 9.18 Å². The van der Waals surface area contributed by atoms with E-state index in [1.807, 2.05) is 30.0 Å². The number of aromatic amines is 1. The predicted molar refractivity (Wildman–Crippen MR) is 138 cm³/mol. The summed E-state index contributed by atoms with van der Waals surface area (Å²) in [6, 6.07) is 12.3. The largest absolute Gasteiger partial charge is 0.497 e. The predicted octanol–water partition coefficient (Wildman–Crippen LogP) is 4.32. The maximum absolute atomic E-state index is 13.7. The highest BCUT2D eigenvalue weighted by Gasteiger charge is 2.48. The van der Waals surface area contributed by atoms with E-state index in [0.717, 1.165) is 60.3 Å². The summed E-state index contributed by atoms with van der Waals surface area (Å²) >= 11 is 0. The van der Waals surface area contributed by atoms with Gasteiger partial charge in [0.2, 0.25) is 0 Å². The molecule has 5 rings (SSSR count). The fourth-order valence-electron chi connectivity index (χ4n) is 5.99. The van der Waals surface area contributed by atoms with Gasteiger partial charge in [-0.05, 0) is 67.7 Å². The molecule has 2 aliphatic heterocycles. The zero-order valence-corrected chi connectivity index (χ0v) is 21.0. The van der Waals surface area contributed by atoms with Gasteiger partial charge in [0.1, 0.15) is 11.6 Å². The number of hydrogen-bond donors (Lipinski definition) is 3. The zero-order valence-electron chi connectivity index (χ0n) is 21.0. The molecule has 7 nitrogen and oxygen atoms in total. The number of ether oxygens (including phenoxy) is 1. The number of piperidine rings is 1. The number of carbonyl (C=O) groups is 1. The van der Waals surface area contributed by atoms with E-state index >= 15 is 0 Å². The Morgan fingerprint density at radius 1 is 1.25 bits per heavy atom. The Hall–Kier alpha value is -3.10. The van der Waals surface area contributed by atoms with Gasteiger partial charge in [0.05, 0.1) is 19.8 Å². The number of hydrogen-bond acceptors (Lipinski definition) is 4. The fraction of sp³-hybridized carbons (Fsp3) is 0.464. The van der Waals surface area contributed by atoms with Gasteiger partial charge in [0, 0.05) is 47.7 Å². The van der Waals surface area contributed by atoms with Gasteiger partial charge < -0.3 is 25.0 Å². The standard InChI is InChI=1S/C28H35FN4O3/c1-3-11-30-27(35)33-18-28(9-12-32(13-10-28)16-19-5-4-6-20(29)14-19)25-22-8-7-21(36-2)15-23(22)31-26(25)24(33)17-34/h4-8,14-15,24,31,34H,3,9-13,16-18H2,1-2H3,(H,30,35)/t24-/m0/s1. The number of urea groups is 1. The Morgan fingerprint density at radius 2 is 2.06 bits per heavy atom. The van der Waals surface area contributed by atoms with Crippen molar-refractivity contribution in [3.05, 3.63) is 65.1 Å². The van der Waals surface area contributed by atoms with Crippen molar-refractivity contribution >= 4 is 16.9 Å². The topological polar surface area (TPSA) is 80.8 Å². The molecule has 1 aromatic heterocycles. The molecular weight excluding hydrogens is 459 g/mol. The zero-order chi connectivity index (χ0) is 25.3. The summed E-state index contributed by atoms with van der Waals surface area (Å²) in [6.45, 7) is 5.40. The summed E-state index contributed by atoms with van der Waals surface area (Å²) in [5.41, 5.74) is 3.81. The Labute approximate surface area is 211 Å². The summed E-state index contributed by atoms with van der Waals surface area (Å²) in [5, 5.41) is 14.6. The summed E-state index contributed by atoms with van der Waals surface area (Å²) in [5.74, 6) is 0.550. The van der Waals surface area contributed by atoms with Crippen molar-refractivity contribution in [3.8, 4) is 5.75 Å². The van der Waals surface area contributed by atoms with E-state index in [2.05, 4.69) is 21.3 Å². The molecule has 3 aromatic rings. The number of aliphatic hydroxyl groups is 1. The van der Waals surface area contributed by atoms with Crippen LogP contribution < -0.4 is 10.1 Å². The summed E-state index contributed by atoms with van der Waals surface area (Å²) in [6.07, 6.45) is 2.58. The monoisotopic (exact) mass is 494 g/mol. The van der Waals surface area contributed by atoms with Gasteiger partial charge in [-0.2, -0.15) is 0 Å². The van der Waals surface area contributed by atoms with E-state index < -0.39 is 6.04 Å². The lowest BCUT2D eigenvalue weighted by molar-refractivity contribution is 0.0663. The average Bonchev–Trinajstić information content (AvgIpc) is 3.28. The van der Waals surface area contributed by atoms with Crippen LogP contribution >= 0.6 is 0 Å². The first-order chi connectivity index (χ1) is 17.5. The molecule has 0 radical (unpaired) electrons. The first-order valence-corrected chi connectivity index (χ1v) is 12.8. The SMILES string of the molecule is CCCNC(=O)N1CC2(CCN(Cc3cccc(F)c3)CC2)c2c([nH]c3cc(OC)ccc23)[C@@H]1CO. The van der Waals surface area contributed by atoms with Crippen molar-refractivity contribution in [2.24, 2.45) is 0 Å². The molecular formula is C28H35FN4O3. The Kier molecular flexibility index (Phi) is 6.90. The smallest absolute Gasteiger partial charge is 0.318 e. The highest BCUT2D eigenvalue weighted by atomic mass is 19.1. The first kappa shape index (κ1) is 24.6. The van der Waals surface area contributed by atoms with Crippen molar-refractivity contribution in [2.75, 3.05) is 39.9 Å². The van der Waals surface area contributed by atoms with Gasteiger partial charge in [-0.1, -0.05) is 19.1 Å². The van der Waals surface area contributed by atoms with Gasteiger partial charge >= 0.3 is 6.03 Å². The second-order valence-electron chi connectivity index (χ2n) is 10.1. The van der Waals surface area contributed by atoms with Crippen molar-refractivity contribution in [2.45, 2.75) is 44.2 Å². The van der Waals surface area contributed by atoms with E-state index in [1.54, 1.807) is 19.2 Å². The molecule has 2 aromatic carbocycles. The van der Waals surface area contributed by atoms with E-state index in [4.69, 9.17) is 4.74 Å². The molecule has 1 saturated heterocycles. The molecule has 2 amide bonds. The lowest BCUT2D eigenvalue weighted by Gasteiger charge is -2.50. The third kappa shape index (κ3) is 4.44. The molecule has 0 saturated carbocycles. The quantitative estimate of drug-likeness (QED) is 0.477. The third-order valence-electron chi connectivity index (χ3n) is 7.82. The number of aliphatic hydroxyl groups excluding tert-OH is 1. The van der Waals surface area contributed by atoms with E-state index in [1.165, 1.54) is 11.6 Å². The highest BCUT2D eigenvalue weighted by Crippen LogP contribution is 2.49. The molecule has 1 fully saturated rings. The number of nitrogens with zero attached hydrogens (tertiary/aromatic N) is 2. The number of benzene rings is 2. The summed E-state index contributed by atoms with van der Waals surface area (Å²) < 4.78 is 19.2. The van der Waals surface area contributed by atoms with Crippen LogP contribution in [-0.2, 0) is 12.0 Å². The summed E-state index contributed by atoms with van der Waals surface area (Å²) in [7, 11) is 1.65. The number of H-pyrrole nitrogens is 1. The van der Waals surface area contributed by atoms with Crippen LogP contribution in [0.25, 0.3) is 10.9 Å². The van der Waals surface area contributed by atoms with Crippen molar-refractivity contribution in [1.82, 2.24) is 20.1 Å². The fourth-order valence-corrected chi connectivity index (χ4v) is 5.99. The first-order valence-electron chi connectivity index (χ1n) is 12.8. The normalized spacial score (nSPS) is 19.4. The van der Waals surface area contributed by atoms with Gasteiger partial charge in [0.15, 0.2) is 0 Å². The van der Waals surface area contributed by atoms with Crippen LogP contribution in [0.4, 0.5) is 9.18 Å². The number of rotatable bonds is 6. The van der Waals surface area contributed by atoms with Crippen LogP contribution in [0, 0.1) is 5.82 Å². The summed E-state index contributed by atoms with van der Waals surface area (Å²) in [4.78, 5) is 21.0. The van der Waals surface area contributed by atoms with Crippen molar-refractivity contribution < 1.29 is 19.0 Å². The van der Waals surface area contributed by atoms with Gasteiger partial charge in [0.25, 0.3) is 0 Å². The minimum Gasteiger partial charge on any atom is -0.497 e. The molecule has 36 heavy (non-hydrogen) atoms. The van der Waals surface area contributed by atoms with E-state index in [9.17, 15) is 14.3 Å². The number of methoxy groups -OCH3 is 1.